The van der Waals surface area contributed by atoms with E-state index in [0.717, 1.165) is 16.3 Å². The minimum atomic E-state index is -0.306. The molecule has 3 N–H and O–H groups in total. The Morgan fingerprint density at radius 3 is 2.68 bits per heavy atom. The van der Waals surface area contributed by atoms with Crippen molar-refractivity contribution in [2.24, 2.45) is 0 Å². The fraction of sp³-hybridized carbons (Fsp3) is 0.0476. The zero-order valence-corrected chi connectivity index (χ0v) is 14.8. The molecule has 0 fully saturated rings. The number of anilines is 2. The third-order valence-electron chi connectivity index (χ3n) is 4.23. The molecule has 7 nitrogen and oxygen atoms in total. The third-order valence-corrected chi connectivity index (χ3v) is 4.23. The van der Waals surface area contributed by atoms with Crippen molar-refractivity contribution in [1.82, 2.24) is 15.0 Å². The van der Waals surface area contributed by atoms with Gasteiger partial charge in [-0.25, -0.2) is 9.97 Å². The van der Waals surface area contributed by atoms with Gasteiger partial charge in [-0.1, -0.05) is 30.3 Å². The van der Waals surface area contributed by atoms with E-state index in [9.17, 15) is 9.59 Å². The van der Waals surface area contributed by atoms with E-state index in [1.54, 1.807) is 36.8 Å². The molecule has 0 unspecified atom stereocenters. The average molecular weight is 371 g/mol. The van der Waals surface area contributed by atoms with E-state index in [1.165, 1.54) is 6.07 Å². The number of rotatable bonds is 5. The summed E-state index contributed by atoms with van der Waals surface area (Å²) in [5.74, 6) is 0.617. The molecule has 4 aromatic rings. The summed E-state index contributed by atoms with van der Waals surface area (Å²) < 4.78 is 0. The lowest BCUT2D eigenvalue weighted by Gasteiger charge is -2.11. The Hall–Kier alpha value is -4.00. The first-order valence-corrected chi connectivity index (χ1v) is 8.72. The minimum Gasteiger partial charge on any atom is -0.365 e. The molecule has 28 heavy (non-hydrogen) atoms. The van der Waals surface area contributed by atoms with Gasteiger partial charge in [-0.05, 0) is 29.1 Å². The zero-order chi connectivity index (χ0) is 19.3. The lowest BCUT2D eigenvalue weighted by molar-refractivity contribution is 0.102. The number of nitrogens with one attached hydrogen (secondary N) is 3. The summed E-state index contributed by atoms with van der Waals surface area (Å²) in [6.07, 6.45) is 4.96. The van der Waals surface area contributed by atoms with Gasteiger partial charge in [0.05, 0.1) is 5.56 Å². The van der Waals surface area contributed by atoms with Gasteiger partial charge in [0.1, 0.15) is 11.6 Å². The molecule has 3 heterocycles. The average Bonchev–Trinajstić information content (AvgIpc) is 2.73. The normalized spacial score (nSPS) is 10.6. The van der Waals surface area contributed by atoms with Crippen LogP contribution in [0.2, 0.25) is 0 Å². The molecule has 0 aliphatic carbocycles. The Kier molecular flexibility index (Phi) is 4.79. The van der Waals surface area contributed by atoms with Crippen molar-refractivity contribution in [3.8, 4) is 0 Å². The van der Waals surface area contributed by atoms with Crippen LogP contribution < -0.4 is 16.2 Å². The fourth-order valence-electron chi connectivity index (χ4n) is 2.80. The highest BCUT2D eigenvalue weighted by molar-refractivity contribution is 6.07. The van der Waals surface area contributed by atoms with Crippen LogP contribution in [0.3, 0.4) is 0 Å². The topological polar surface area (TPSA) is 99.8 Å². The molecule has 1 amide bonds. The number of hydrogen-bond donors (Lipinski definition) is 3. The molecular formula is C21H17N5O2. The third kappa shape index (κ3) is 3.88. The first-order chi connectivity index (χ1) is 13.7. The van der Waals surface area contributed by atoms with E-state index >= 15 is 0 Å². The molecule has 0 spiro atoms. The Morgan fingerprint density at radius 1 is 1.00 bits per heavy atom. The number of carbonyl (C=O) groups excluding carboxylic acids is 1. The molecule has 0 atom stereocenters. The second-order valence-electron chi connectivity index (χ2n) is 6.19. The molecule has 0 saturated carbocycles. The van der Waals surface area contributed by atoms with Crippen LogP contribution in [0.5, 0.6) is 0 Å². The molecule has 4 rings (SSSR count). The predicted molar refractivity (Wildman–Crippen MR) is 108 cm³/mol. The summed E-state index contributed by atoms with van der Waals surface area (Å²) in [4.78, 5) is 35.1. The second-order valence-corrected chi connectivity index (χ2v) is 6.19. The highest BCUT2D eigenvalue weighted by Gasteiger charge is 2.13. The van der Waals surface area contributed by atoms with Crippen LogP contribution in [0.1, 0.15) is 15.9 Å². The molecule has 3 aromatic heterocycles. The van der Waals surface area contributed by atoms with Gasteiger partial charge < -0.3 is 15.6 Å². The number of aromatic nitrogens is 3. The summed E-state index contributed by atoms with van der Waals surface area (Å²) in [6, 6.07) is 16.2. The van der Waals surface area contributed by atoms with Crippen LogP contribution in [0.15, 0.2) is 78.0 Å². The molecule has 7 heteroatoms. The monoisotopic (exact) mass is 371 g/mol. The Balaban J connectivity index is 1.52. The largest absolute Gasteiger partial charge is 0.365 e. The van der Waals surface area contributed by atoms with Gasteiger partial charge in [0.2, 0.25) is 5.56 Å². The molecule has 0 bridgehead atoms. The number of aromatic amines is 1. The quantitative estimate of drug-likeness (QED) is 0.500. The first kappa shape index (κ1) is 17.4. The lowest BCUT2D eigenvalue weighted by atomic mass is 10.2. The second kappa shape index (κ2) is 7.71. The molecule has 138 valence electrons. The Morgan fingerprint density at radius 2 is 1.86 bits per heavy atom. The number of carbonyl (C=O) groups is 1. The van der Waals surface area contributed by atoms with Crippen molar-refractivity contribution >= 4 is 28.3 Å². The van der Waals surface area contributed by atoms with Gasteiger partial charge in [0, 0.05) is 36.6 Å². The molecule has 0 aliphatic heterocycles. The lowest BCUT2D eigenvalue weighted by Crippen LogP contribution is -2.16. The smallest absolute Gasteiger partial charge is 0.260 e. The number of amides is 1. The first-order valence-electron chi connectivity index (χ1n) is 8.72. The van der Waals surface area contributed by atoms with Gasteiger partial charge in [0.15, 0.2) is 0 Å². The van der Waals surface area contributed by atoms with Crippen LogP contribution in [0.4, 0.5) is 11.6 Å². The van der Waals surface area contributed by atoms with E-state index in [0.29, 0.717) is 23.7 Å². The zero-order valence-electron chi connectivity index (χ0n) is 14.8. The van der Waals surface area contributed by atoms with Crippen molar-refractivity contribution in [2.75, 3.05) is 10.6 Å². The maximum Gasteiger partial charge on any atom is 0.260 e. The number of pyridine rings is 3. The van der Waals surface area contributed by atoms with Crippen LogP contribution in [0, 0.1) is 0 Å². The molecule has 0 aliphatic rings. The predicted octanol–water partition coefficient (Wildman–Crippen LogP) is 3.18. The van der Waals surface area contributed by atoms with E-state index in [2.05, 4.69) is 25.6 Å². The summed E-state index contributed by atoms with van der Waals surface area (Å²) in [6.45, 7) is 0.419. The highest BCUT2D eigenvalue weighted by atomic mass is 16.1. The van der Waals surface area contributed by atoms with Crippen LogP contribution in [-0.2, 0) is 6.54 Å². The van der Waals surface area contributed by atoms with Crippen molar-refractivity contribution in [1.29, 1.82) is 0 Å². The highest BCUT2D eigenvalue weighted by Crippen LogP contribution is 2.18. The summed E-state index contributed by atoms with van der Waals surface area (Å²) in [5, 5.41) is 7.95. The van der Waals surface area contributed by atoms with Gasteiger partial charge in [-0.2, -0.15) is 0 Å². The van der Waals surface area contributed by atoms with E-state index in [4.69, 9.17) is 0 Å². The molecule has 1 aromatic carbocycles. The number of hydrogen-bond acceptors (Lipinski definition) is 5. The Labute approximate surface area is 160 Å². The van der Waals surface area contributed by atoms with Gasteiger partial charge >= 0.3 is 0 Å². The van der Waals surface area contributed by atoms with E-state index in [-0.39, 0.29) is 11.5 Å². The van der Waals surface area contributed by atoms with Crippen molar-refractivity contribution < 1.29 is 4.79 Å². The van der Waals surface area contributed by atoms with Gasteiger partial charge in [-0.15, -0.1) is 0 Å². The van der Waals surface area contributed by atoms with Gasteiger partial charge in [0.25, 0.3) is 5.91 Å². The van der Waals surface area contributed by atoms with Crippen LogP contribution in [0.25, 0.3) is 10.8 Å². The van der Waals surface area contributed by atoms with Crippen molar-refractivity contribution in [2.45, 2.75) is 6.54 Å². The van der Waals surface area contributed by atoms with Crippen LogP contribution >= 0.6 is 0 Å². The van der Waals surface area contributed by atoms with Crippen LogP contribution in [-0.4, -0.2) is 20.9 Å². The maximum atomic E-state index is 12.7. The number of H-pyrrole nitrogens is 1. The standard InChI is InChI=1S/C21H17N5O2/c27-19-8-7-14(11-24-19)12-25-20-17(6-3-9-22-20)21(28)26-18-10-15-4-1-2-5-16(15)13-23-18/h1-11,13H,12H2,(H,22,25)(H,24,27)(H,23,26,28). The van der Waals surface area contributed by atoms with E-state index < -0.39 is 0 Å². The fourth-order valence-corrected chi connectivity index (χ4v) is 2.80. The summed E-state index contributed by atoms with van der Waals surface area (Å²) in [7, 11) is 0. The molecule has 0 radical (unpaired) electrons. The van der Waals surface area contributed by atoms with Crippen molar-refractivity contribution in [3.63, 3.8) is 0 Å². The summed E-state index contributed by atoms with van der Waals surface area (Å²) in [5.41, 5.74) is 1.11. The van der Waals surface area contributed by atoms with Crippen molar-refractivity contribution in [3.05, 3.63) is 94.7 Å². The molecule has 0 saturated heterocycles. The minimum absolute atomic E-state index is 0.162. The SMILES string of the molecule is O=C(Nc1cc2ccccc2cn1)c1cccnc1NCc1ccc(=O)[nH]c1. The maximum absolute atomic E-state index is 12.7. The number of fused-ring (bicyclic) bond motifs is 1. The number of benzene rings is 1. The van der Waals surface area contributed by atoms with E-state index in [1.807, 2.05) is 30.3 Å². The Bertz CT molecular complexity index is 1180. The molecular weight excluding hydrogens is 354 g/mol. The number of nitrogens with zero attached hydrogens (tertiary/aromatic N) is 2. The van der Waals surface area contributed by atoms with Gasteiger partial charge in [-0.3, -0.25) is 9.59 Å². The summed E-state index contributed by atoms with van der Waals surface area (Å²) >= 11 is 0.